The van der Waals surface area contributed by atoms with Crippen LogP contribution in [0.25, 0.3) is 0 Å². The molecule has 130 valence electrons. The molecule has 1 atom stereocenters. The van der Waals surface area contributed by atoms with Gasteiger partial charge < -0.3 is 19.7 Å². The van der Waals surface area contributed by atoms with Gasteiger partial charge in [-0.1, -0.05) is 6.07 Å². The third-order valence-electron chi connectivity index (χ3n) is 3.87. The molecular weight excluding hydrogens is 473 g/mol. The number of rotatable bonds is 5. The number of hydrogen-bond donors (Lipinski definition) is 1. The zero-order chi connectivity index (χ0) is 15.9. The van der Waals surface area contributed by atoms with Gasteiger partial charge in [0.1, 0.15) is 5.75 Å². The number of nitrogens with zero attached hydrogens (tertiary/aromatic N) is 2. The number of methoxy groups -OCH3 is 2. The lowest BCUT2D eigenvalue weighted by Crippen LogP contribution is -2.39. The Hall–Kier alpha value is -0.540. The number of nitrogens with one attached hydrogen (secondary N) is 1. The van der Waals surface area contributed by atoms with E-state index in [-0.39, 0.29) is 24.0 Å². The van der Waals surface area contributed by atoms with Crippen molar-refractivity contribution in [2.75, 3.05) is 41.0 Å². The van der Waals surface area contributed by atoms with Crippen molar-refractivity contribution in [3.8, 4) is 5.75 Å². The number of likely N-dealkylation sites (tertiary alicyclic amines) is 1. The summed E-state index contributed by atoms with van der Waals surface area (Å²) in [7, 11) is 5.26. The molecule has 1 aliphatic rings. The standard InChI is InChI=1S/C16H24BrN3O2.HI/c1-18-16(20-7-6-13(10-20)11-21-2)19-9-12-4-5-15(22-3)14(17)8-12;/h4-5,8,13H,6-7,9-11H2,1-3H3,(H,18,19);1H. The van der Waals surface area contributed by atoms with Gasteiger partial charge in [0.2, 0.25) is 0 Å². The van der Waals surface area contributed by atoms with Crippen molar-refractivity contribution in [3.05, 3.63) is 28.2 Å². The van der Waals surface area contributed by atoms with E-state index < -0.39 is 0 Å². The first-order valence-corrected chi connectivity index (χ1v) is 8.24. The summed E-state index contributed by atoms with van der Waals surface area (Å²) in [5.41, 5.74) is 1.18. The van der Waals surface area contributed by atoms with E-state index in [1.54, 1.807) is 14.2 Å². The van der Waals surface area contributed by atoms with E-state index in [2.05, 4.69) is 43.3 Å². The van der Waals surface area contributed by atoms with Gasteiger partial charge in [-0.15, -0.1) is 24.0 Å². The fourth-order valence-electron chi connectivity index (χ4n) is 2.73. The van der Waals surface area contributed by atoms with Crippen molar-refractivity contribution in [2.45, 2.75) is 13.0 Å². The minimum atomic E-state index is 0. The minimum absolute atomic E-state index is 0. The first-order valence-electron chi connectivity index (χ1n) is 7.45. The van der Waals surface area contributed by atoms with Crippen LogP contribution < -0.4 is 10.1 Å². The summed E-state index contributed by atoms with van der Waals surface area (Å²) in [6.45, 7) is 3.58. The Bertz CT molecular complexity index is 528. The maximum atomic E-state index is 5.25. The van der Waals surface area contributed by atoms with Gasteiger partial charge >= 0.3 is 0 Å². The number of hydrogen-bond acceptors (Lipinski definition) is 3. The molecule has 1 aliphatic heterocycles. The molecule has 1 aromatic rings. The molecule has 7 heteroatoms. The number of halogens is 2. The van der Waals surface area contributed by atoms with Crippen LogP contribution in [-0.2, 0) is 11.3 Å². The van der Waals surface area contributed by atoms with E-state index in [1.807, 2.05) is 13.1 Å². The number of guanidine groups is 1. The first-order chi connectivity index (χ1) is 10.7. The molecule has 2 rings (SSSR count). The van der Waals surface area contributed by atoms with Crippen molar-refractivity contribution in [1.82, 2.24) is 10.2 Å². The quantitative estimate of drug-likeness (QED) is 0.385. The van der Waals surface area contributed by atoms with Crippen LogP contribution in [0.3, 0.4) is 0 Å². The highest BCUT2D eigenvalue weighted by atomic mass is 127. The SMILES string of the molecule is CN=C(NCc1ccc(OC)c(Br)c1)N1CCC(COC)C1.I. The highest BCUT2D eigenvalue weighted by molar-refractivity contribution is 14.0. The van der Waals surface area contributed by atoms with Gasteiger partial charge in [0.05, 0.1) is 18.2 Å². The van der Waals surface area contributed by atoms with Crippen LogP contribution in [-0.4, -0.2) is 51.8 Å². The third-order valence-corrected chi connectivity index (χ3v) is 4.49. The van der Waals surface area contributed by atoms with Gasteiger partial charge in [-0.3, -0.25) is 4.99 Å². The molecule has 1 saturated heterocycles. The van der Waals surface area contributed by atoms with Crippen molar-refractivity contribution in [3.63, 3.8) is 0 Å². The van der Waals surface area contributed by atoms with Crippen LogP contribution in [0.4, 0.5) is 0 Å². The van der Waals surface area contributed by atoms with Crippen LogP contribution in [0.5, 0.6) is 5.75 Å². The predicted molar refractivity (Wildman–Crippen MR) is 108 cm³/mol. The normalized spacial score (nSPS) is 17.8. The Kier molecular flexibility index (Phi) is 9.23. The summed E-state index contributed by atoms with van der Waals surface area (Å²) in [5, 5.41) is 3.43. The highest BCUT2D eigenvalue weighted by Crippen LogP contribution is 2.25. The van der Waals surface area contributed by atoms with Gasteiger partial charge in [0.15, 0.2) is 5.96 Å². The zero-order valence-electron chi connectivity index (χ0n) is 13.8. The van der Waals surface area contributed by atoms with Crippen LogP contribution in [0.1, 0.15) is 12.0 Å². The van der Waals surface area contributed by atoms with Crippen LogP contribution >= 0.6 is 39.9 Å². The average molecular weight is 498 g/mol. The molecule has 0 amide bonds. The maximum Gasteiger partial charge on any atom is 0.193 e. The number of benzene rings is 1. The van der Waals surface area contributed by atoms with Crippen LogP contribution in [0, 0.1) is 5.92 Å². The van der Waals surface area contributed by atoms with Crippen molar-refractivity contribution in [2.24, 2.45) is 10.9 Å². The van der Waals surface area contributed by atoms with Gasteiger partial charge in [0.25, 0.3) is 0 Å². The largest absolute Gasteiger partial charge is 0.496 e. The maximum absolute atomic E-state index is 5.25. The Morgan fingerprint density at radius 1 is 1.43 bits per heavy atom. The molecule has 1 N–H and O–H groups in total. The molecular formula is C16H25BrIN3O2. The second-order valence-electron chi connectivity index (χ2n) is 5.43. The Morgan fingerprint density at radius 3 is 2.83 bits per heavy atom. The topological polar surface area (TPSA) is 46.1 Å². The summed E-state index contributed by atoms with van der Waals surface area (Å²) < 4.78 is 11.5. The molecule has 0 aliphatic carbocycles. The summed E-state index contributed by atoms with van der Waals surface area (Å²) in [4.78, 5) is 6.68. The smallest absolute Gasteiger partial charge is 0.193 e. The van der Waals surface area contributed by atoms with E-state index in [4.69, 9.17) is 9.47 Å². The fourth-order valence-corrected chi connectivity index (χ4v) is 3.32. The third kappa shape index (κ3) is 5.79. The van der Waals surface area contributed by atoms with Gasteiger partial charge in [-0.2, -0.15) is 0 Å². The van der Waals surface area contributed by atoms with Crippen molar-refractivity contribution < 1.29 is 9.47 Å². The zero-order valence-corrected chi connectivity index (χ0v) is 17.8. The molecule has 23 heavy (non-hydrogen) atoms. The number of ether oxygens (including phenoxy) is 2. The molecule has 0 spiro atoms. The summed E-state index contributed by atoms with van der Waals surface area (Å²) >= 11 is 3.52. The molecule has 1 fully saturated rings. The second kappa shape index (κ2) is 10.4. The molecule has 0 aromatic heterocycles. The molecule has 1 heterocycles. The van der Waals surface area contributed by atoms with Crippen molar-refractivity contribution >= 4 is 45.9 Å². The fraction of sp³-hybridized carbons (Fsp3) is 0.562. The van der Waals surface area contributed by atoms with E-state index in [9.17, 15) is 0 Å². The lowest BCUT2D eigenvalue weighted by molar-refractivity contribution is 0.157. The predicted octanol–water partition coefficient (Wildman–Crippen LogP) is 3.12. The van der Waals surface area contributed by atoms with E-state index in [1.165, 1.54) is 5.56 Å². The first kappa shape index (κ1) is 20.5. The average Bonchev–Trinajstić information content (AvgIpc) is 2.97. The molecule has 5 nitrogen and oxygen atoms in total. The van der Waals surface area contributed by atoms with Crippen molar-refractivity contribution in [1.29, 1.82) is 0 Å². The Labute approximate surface area is 164 Å². The van der Waals surface area contributed by atoms with Crippen LogP contribution in [0.2, 0.25) is 0 Å². The second-order valence-corrected chi connectivity index (χ2v) is 6.28. The highest BCUT2D eigenvalue weighted by Gasteiger charge is 2.24. The van der Waals surface area contributed by atoms with E-state index in [0.29, 0.717) is 5.92 Å². The molecule has 1 unspecified atom stereocenters. The monoisotopic (exact) mass is 497 g/mol. The van der Waals surface area contributed by atoms with Gasteiger partial charge in [-0.25, -0.2) is 0 Å². The lowest BCUT2D eigenvalue weighted by atomic mass is 10.1. The summed E-state index contributed by atoms with van der Waals surface area (Å²) in [5.74, 6) is 2.39. The van der Waals surface area contributed by atoms with Gasteiger partial charge in [-0.05, 0) is 40.0 Å². The molecule has 0 radical (unpaired) electrons. The number of aliphatic imine (C=N–C) groups is 1. The Balaban J connectivity index is 0.00000264. The Morgan fingerprint density at radius 2 is 2.22 bits per heavy atom. The molecule has 0 saturated carbocycles. The van der Waals surface area contributed by atoms with Gasteiger partial charge in [0, 0.05) is 39.7 Å². The summed E-state index contributed by atoms with van der Waals surface area (Å²) in [6.07, 6.45) is 1.16. The van der Waals surface area contributed by atoms with E-state index >= 15 is 0 Å². The summed E-state index contributed by atoms with van der Waals surface area (Å²) in [6, 6.07) is 6.09. The molecule has 1 aromatic carbocycles. The lowest BCUT2D eigenvalue weighted by Gasteiger charge is -2.21. The van der Waals surface area contributed by atoms with Crippen LogP contribution in [0.15, 0.2) is 27.7 Å². The molecule has 0 bridgehead atoms. The van der Waals surface area contributed by atoms with E-state index in [0.717, 1.165) is 48.8 Å². The minimum Gasteiger partial charge on any atom is -0.496 e.